The van der Waals surface area contributed by atoms with Gasteiger partial charge in [-0.2, -0.15) is 0 Å². The minimum Gasteiger partial charge on any atom is -0.0776 e. The molecule has 0 aliphatic heterocycles. The Labute approximate surface area is 96.8 Å². The predicted octanol–water partition coefficient (Wildman–Crippen LogP) is 5.13. The van der Waals surface area contributed by atoms with Crippen LogP contribution >= 0.6 is 0 Å². The molecule has 4 fully saturated rings. The highest BCUT2D eigenvalue weighted by atomic mass is 14.5. The van der Waals surface area contributed by atoms with E-state index in [9.17, 15) is 0 Å². The fourth-order valence-corrected chi connectivity index (χ4v) is 3.98. The molecule has 0 radical (unpaired) electrons. The Bertz CT molecular complexity index is 121. The van der Waals surface area contributed by atoms with E-state index in [1.165, 1.54) is 23.7 Å². The van der Waals surface area contributed by atoms with Crippen molar-refractivity contribution in [3.05, 3.63) is 0 Å². The average Bonchev–Trinajstić information content (AvgIpc) is 1.98. The second kappa shape index (κ2) is 5.37. The SMILES string of the molecule is C.C1C2CC3CC1CC(C2)C3.CC(C)C. The molecule has 4 rings (SSSR count). The van der Waals surface area contributed by atoms with Crippen molar-refractivity contribution in [2.75, 3.05) is 0 Å². The molecule has 0 unspecified atom stereocenters. The van der Waals surface area contributed by atoms with Gasteiger partial charge in [-0.25, -0.2) is 0 Å². The van der Waals surface area contributed by atoms with Crippen LogP contribution in [0.25, 0.3) is 0 Å². The summed E-state index contributed by atoms with van der Waals surface area (Å²) in [7, 11) is 0. The first-order chi connectivity index (χ1) is 6.63. The Morgan fingerprint density at radius 3 is 0.867 bits per heavy atom. The maximum atomic E-state index is 2.17. The van der Waals surface area contributed by atoms with E-state index in [2.05, 4.69) is 20.8 Å². The Hall–Kier alpha value is 0. The number of hydrogen-bond donors (Lipinski definition) is 0. The van der Waals surface area contributed by atoms with Gasteiger partial charge in [-0.1, -0.05) is 28.2 Å². The van der Waals surface area contributed by atoms with Crippen LogP contribution in [0.3, 0.4) is 0 Å². The Kier molecular flexibility index (Phi) is 4.67. The standard InChI is InChI=1S/C10H16.C4H10.CH4/c1-7-2-9-4-8(1)5-10(3-7)6-9;1-4(2)3;/h7-10H,1-6H2;4H,1-3H3;1H4. The zero-order valence-electron chi connectivity index (χ0n) is 10.1. The third kappa shape index (κ3) is 3.50. The molecule has 4 bridgehead atoms. The van der Waals surface area contributed by atoms with Crippen molar-refractivity contribution < 1.29 is 0 Å². The minimum atomic E-state index is 0. The number of hydrogen-bond acceptors (Lipinski definition) is 0. The summed E-state index contributed by atoms with van der Waals surface area (Å²) >= 11 is 0. The molecule has 0 N–H and O–H groups in total. The summed E-state index contributed by atoms with van der Waals surface area (Å²) in [5, 5.41) is 0. The van der Waals surface area contributed by atoms with Crippen LogP contribution in [0.15, 0.2) is 0 Å². The van der Waals surface area contributed by atoms with Crippen LogP contribution in [0, 0.1) is 29.6 Å². The van der Waals surface area contributed by atoms with Crippen LogP contribution in [-0.4, -0.2) is 0 Å². The monoisotopic (exact) mass is 210 g/mol. The first-order valence-electron chi connectivity index (χ1n) is 6.63. The third-order valence-electron chi connectivity index (χ3n) is 4.00. The number of rotatable bonds is 0. The zero-order valence-corrected chi connectivity index (χ0v) is 10.1. The highest BCUT2D eigenvalue weighted by molar-refractivity contribution is 4.92. The smallest absolute Gasteiger partial charge is 0.0406 e. The lowest BCUT2D eigenvalue weighted by atomic mass is 9.56. The van der Waals surface area contributed by atoms with Crippen LogP contribution < -0.4 is 0 Å². The van der Waals surface area contributed by atoms with Crippen molar-refractivity contribution in [1.29, 1.82) is 0 Å². The van der Waals surface area contributed by atoms with E-state index in [-0.39, 0.29) is 7.43 Å². The molecule has 0 heteroatoms. The summed E-state index contributed by atoms with van der Waals surface area (Å²) < 4.78 is 0. The van der Waals surface area contributed by atoms with Gasteiger partial charge >= 0.3 is 0 Å². The fraction of sp³-hybridized carbons (Fsp3) is 1.00. The first kappa shape index (κ1) is 13.1. The van der Waals surface area contributed by atoms with E-state index in [0.717, 1.165) is 5.92 Å². The van der Waals surface area contributed by atoms with Crippen molar-refractivity contribution in [2.24, 2.45) is 29.6 Å². The van der Waals surface area contributed by atoms with Crippen molar-refractivity contribution in [3.63, 3.8) is 0 Å². The highest BCUT2D eigenvalue weighted by Gasteiger charge is 2.41. The predicted molar refractivity (Wildman–Crippen MR) is 68.9 cm³/mol. The molecule has 90 valence electrons. The van der Waals surface area contributed by atoms with E-state index in [1.807, 2.05) is 0 Å². The molecule has 4 aliphatic carbocycles. The van der Waals surface area contributed by atoms with Gasteiger partial charge in [0.25, 0.3) is 0 Å². The summed E-state index contributed by atoms with van der Waals surface area (Å²) in [6.07, 6.45) is 9.62. The first-order valence-corrected chi connectivity index (χ1v) is 6.63. The molecule has 0 saturated heterocycles. The van der Waals surface area contributed by atoms with Crippen LogP contribution in [0.2, 0.25) is 0 Å². The third-order valence-corrected chi connectivity index (χ3v) is 4.00. The molecular weight excluding hydrogens is 180 g/mol. The quantitative estimate of drug-likeness (QED) is 0.520. The maximum absolute atomic E-state index is 2.17. The van der Waals surface area contributed by atoms with Gasteiger partial charge in [0, 0.05) is 0 Å². The highest BCUT2D eigenvalue weighted by Crippen LogP contribution is 2.53. The van der Waals surface area contributed by atoms with Gasteiger partial charge in [0.2, 0.25) is 0 Å². The van der Waals surface area contributed by atoms with Gasteiger partial charge in [-0.3, -0.25) is 0 Å². The molecule has 0 heterocycles. The second-order valence-electron chi connectivity index (χ2n) is 6.61. The molecule has 4 saturated carbocycles. The van der Waals surface area contributed by atoms with Crippen molar-refractivity contribution in [1.82, 2.24) is 0 Å². The summed E-state index contributed by atoms with van der Waals surface area (Å²) in [5.74, 6) is 5.54. The van der Waals surface area contributed by atoms with Gasteiger partial charge in [-0.05, 0) is 68.1 Å². The molecule has 0 atom stereocenters. The summed E-state index contributed by atoms with van der Waals surface area (Å²) in [6.45, 7) is 6.50. The Balaban J connectivity index is 0.000000200. The molecule has 0 aromatic carbocycles. The van der Waals surface area contributed by atoms with E-state index in [0.29, 0.717) is 0 Å². The minimum absolute atomic E-state index is 0. The van der Waals surface area contributed by atoms with E-state index >= 15 is 0 Å². The largest absolute Gasteiger partial charge is 0.0776 e. The van der Waals surface area contributed by atoms with Gasteiger partial charge in [0.15, 0.2) is 0 Å². The van der Waals surface area contributed by atoms with Crippen molar-refractivity contribution >= 4 is 0 Å². The van der Waals surface area contributed by atoms with Crippen LogP contribution in [-0.2, 0) is 0 Å². The van der Waals surface area contributed by atoms with E-state index in [1.54, 1.807) is 38.5 Å². The molecule has 0 nitrogen and oxygen atoms in total. The molecule has 15 heavy (non-hydrogen) atoms. The average molecular weight is 210 g/mol. The molecular formula is C15H30. The summed E-state index contributed by atoms with van der Waals surface area (Å²) in [6, 6.07) is 0. The van der Waals surface area contributed by atoms with Crippen LogP contribution in [0.4, 0.5) is 0 Å². The molecule has 0 spiro atoms. The van der Waals surface area contributed by atoms with Gasteiger partial charge in [0.1, 0.15) is 0 Å². The molecule has 4 aliphatic rings. The molecule has 0 aromatic heterocycles. The fourth-order valence-electron chi connectivity index (χ4n) is 3.98. The van der Waals surface area contributed by atoms with Gasteiger partial charge in [0.05, 0.1) is 0 Å². The van der Waals surface area contributed by atoms with Gasteiger partial charge in [-0.15, -0.1) is 0 Å². The second-order valence-corrected chi connectivity index (χ2v) is 6.61. The van der Waals surface area contributed by atoms with Crippen molar-refractivity contribution in [3.8, 4) is 0 Å². The van der Waals surface area contributed by atoms with E-state index in [4.69, 9.17) is 0 Å². The lowest BCUT2D eigenvalue weighted by Gasteiger charge is -2.49. The topological polar surface area (TPSA) is 0 Å². The van der Waals surface area contributed by atoms with Crippen molar-refractivity contribution in [2.45, 2.75) is 66.7 Å². The zero-order chi connectivity index (χ0) is 10.1. The van der Waals surface area contributed by atoms with Gasteiger partial charge < -0.3 is 0 Å². The van der Waals surface area contributed by atoms with Crippen LogP contribution in [0.1, 0.15) is 66.7 Å². The normalized spacial score (nSPS) is 40.8. The lowest BCUT2D eigenvalue weighted by Crippen LogP contribution is -2.38. The Morgan fingerprint density at radius 2 is 0.733 bits per heavy atom. The lowest BCUT2D eigenvalue weighted by molar-refractivity contribution is 0.0198. The van der Waals surface area contributed by atoms with Crippen LogP contribution in [0.5, 0.6) is 0 Å². The maximum Gasteiger partial charge on any atom is -0.0406 e. The van der Waals surface area contributed by atoms with E-state index < -0.39 is 0 Å². The Morgan fingerprint density at radius 1 is 0.600 bits per heavy atom. The summed E-state index contributed by atoms with van der Waals surface area (Å²) in [5.41, 5.74) is 0. The molecule has 0 amide bonds. The molecule has 0 aromatic rings. The summed E-state index contributed by atoms with van der Waals surface area (Å²) in [4.78, 5) is 0.